The maximum atomic E-state index is 12.5. The van der Waals surface area contributed by atoms with Gasteiger partial charge in [0.1, 0.15) is 11.6 Å². The molecule has 1 heterocycles. The third kappa shape index (κ3) is 7.91. The number of ether oxygens (including phenoxy) is 1. The van der Waals surface area contributed by atoms with Gasteiger partial charge in [-0.05, 0) is 19.9 Å². The Kier molecular flexibility index (Phi) is 9.59. The Labute approximate surface area is 155 Å². The molecule has 0 aliphatic carbocycles. The van der Waals surface area contributed by atoms with Gasteiger partial charge in [0.2, 0.25) is 5.88 Å². The molecule has 10 heteroatoms. The summed E-state index contributed by atoms with van der Waals surface area (Å²) >= 11 is 5.73. The number of rotatable bonds is 5. The Hall–Kier alpha value is -0.970. The molecule has 132 valence electrons. The van der Waals surface area contributed by atoms with Crippen molar-refractivity contribution in [2.45, 2.75) is 26.1 Å². The number of pyridine rings is 1. The van der Waals surface area contributed by atoms with Crippen LogP contribution in [0.1, 0.15) is 19.4 Å². The van der Waals surface area contributed by atoms with Crippen LogP contribution < -0.4 is 15.4 Å². The summed E-state index contributed by atoms with van der Waals surface area (Å²) in [5, 5.41) is 5.89. The first-order valence-corrected chi connectivity index (χ1v) is 6.94. The number of guanidine groups is 1. The maximum Gasteiger partial charge on any atom is 0.417 e. The van der Waals surface area contributed by atoms with Gasteiger partial charge >= 0.3 is 6.18 Å². The van der Waals surface area contributed by atoms with Crippen molar-refractivity contribution in [2.75, 3.05) is 20.2 Å². The molecule has 0 unspecified atom stereocenters. The lowest BCUT2D eigenvalue weighted by Gasteiger charge is -2.15. The Morgan fingerprint density at radius 1 is 1.43 bits per heavy atom. The van der Waals surface area contributed by atoms with E-state index in [0.29, 0.717) is 18.7 Å². The summed E-state index contributed by atoms with van der Waals surface area (Å²) in [6, 6.07) is 1.01. The minimum absolute atomic E-state index is 0. The zero-order chi connectivity index (χ0) is 16.8. The summed E-state index contributed by atoms with van der Waals surface area (Å²) in [5.74, 6) is 0.563. The minimum Gasteiger partial charge on any atom is -0.475 e. The van der Waals surface area contributed by atoms with Crippen LogP contribution in [0.25, 0.3) is 0 Å². The van der Waals surface area contributed by atoms with Crippen molar-refractivity contribution in [1.82, 2.24) is 15.6 Å². The highest BCUT2D eigenvalue weighted by Gasteiger charge is 2.31. The molecule has 0 saturated heterocycles. The van der Waals surface area contributed by atoms with Gasteiger partial charge in [0.25, 0.3) is 0 Å². The molecule has 0 saturated carbocycles. The van der Waals surface area contributed by atoms with Crippen molar-refractivity contribution < 1.29 is 17.9 Å². The molecular weight excluding hydrogens is 448 g/mol. The summed E-state index contributed by atoms with van der Waals surface area (Å²) in [6.07, 6.45) is -3.79. The molecule has 0 radical (unpaired) electrons. The predicted octanol–water partition coefficient (Wildman–Crippen LogP) is 3.32. The fraction of sp³-hybridized carbons (Fsp3) is 0.538. The fourth-order valence-corrected chi connectivity index (χ4v) is 1.69. The number of alkyl halides is 3. The zero-order valence-electron chi connectivity index (χ0n) is 12.9. The van der Waals surface area contributed by atoms with Crippen LogP contribution in [-0.4, -0.2) is 37.2 Å². The second kappa shape index (κ2) is 10.0. The van der Waals surface area contributed by atoms with E-state index in [2.05, 4.69) is 20.6 Å². The molecule has 0 aliphatic rings. The molecule has 0 aliphatic heterocycles. The lowest BCUT2D eigenvalue weighted by molar-refractivity contribution is -0.137. The van der Waals surface area contributed by atoms with Gasteiger partial charge in [-0.2, -0.15) is 13.2 Å². The van der Waals surface area contributed by atoms with Gasteiger partial charge in [-0.25, -0.2) is 4.98 Å². The molecule has 1 aromatic rings. The molecule has 2 N–H and O–H groups in total. The Bertz CT molecular complexity index is 526. The Morgan fingerprint density at radius 3 is 2.57 bits per heavy atom. The number of aromatic nitrogens is 1. The van der Waals surface area contributed by atoms with E-state index in [9.17, 15) is 13.2 Å². The minimum atomic E-state index is -4.48. The molecule has 1 aromatic heterocycles. The number of hydrogen-bond donors (Lipinski definition) is 2. The summed E-state index contributed by atoms with van der Waals surface area (Å²) in [5.41, 5.74) is -0.912. The topological polar surface area (TPSA) is 58.5 Å². The van der Waals surface area contributed by atoms with Crippen LogP contribution in [0.2, 0.25) is 5.02 Å². The van der Waals surface area contributed by atoms with E-state index in [1.807, 2.05) is 13.8 Å². The molecule has 0 spiro atoms. The number of hydrogen-bond acceptors (Lipinski definition) is 3. The average Bonchev–Trinajstić information content (AvgIpc) is 2.42. The lowest BCUT2D eigenvalue weighted by atomic mass is 10.3. The van der Waals surface area contributed by atoms with E-state index in [-0.39, 0.29) is 47.5 Å². The second-order valence-electron chi connectivity index (χ2n) is 4.66. The smallest absolute Gasteiger partial charge is 0.417 e. The third-order valence-electron chi connectivity index (χ3n) is 2.42. The normalized spacial score (nSPS) is 11.9. The molecular formula is C13H19ClF3IN4O. The maximum absolute atomic E-state index is 12.5. The summed E-state index contributed by atoms with van der Waals surface area (Å²) < 4.78 is 42.7. The van der Waals surface area contributed by atoms with Crippen LogP contribution in [0.4, 0.5) is 13.2 Å². The molecule has 0 atom stereocenters. The molecule has 23 heavy (non-hydrogen) atoms. The van der Waals surface area contributed by atoms with Crippen LogP contribution in [-0.2, 0) is 6.18 Å². The zero-order valence-corrected chi connectivity index (χ0v) is 16.0. The molecule has 0 aromatic carbocycles. The molecule has 0 bridgehead atoms. The van der Waals surface area contributed by atoms with Crippen molar-refractivity contribution in [1.29, 1.82) is 0 Å². The van der Waals surface area contributed by atoms with Gasteiger partial charge in [-0.3, -0.25) is 4.99 Å². The Balaban J connectivity index is 0.00000484. The predicted molar refractivity (Wildman–Crippen MR) is 94.8 cm³/mol. The van der Waals surface area contributed by atoms with E-state index in [1.165, 1.54) is 0 Å². The lowest BCUT2D eigenvalue weighted by Crippen LogP contribution is -2.42. The number of aliphatic imine (C=N–C) groups is 1. The van der Waals surface area contributed by atoms with Gasteiger partial charge in [0, 0.05) is 19.3 Å². The largest absolute Gasteiger partial charge is 0.475 e. The van der Waals surface area contributed by atoms with E-state index in [0.717, 1.165) is 6.07 Å². The van der Waals surface area contributed by atoms with Crippen molar-refractivity contribution in [3.05, 3.63) is 22.8 Å². The number of halogens is 5. The van der Waals surface area contributed by atoms with Gasteiger partial charge in [-0.1, -0.05) is 11.6 Å². The van der Waals surface area contributed by atoms with E-state index >= 15 is 0 Å². The quantitative estimate of drug-likeness (QED) is 0.303. The van der Waals surface area contributed by atoms with Crippen molar-refractivity contribution in [3.8, 4) is 5.88 Å². The first-order valence-electron chi connectivity index (χ1n) is 6.56. The summed E-state index contributed by atoms with van der Waals surface area (Å²) in [7, 11) is 1.63. The highest BCUT2D eigenvalue weighted by Crippen LogP contribution is 2.32. The van der Waals surface area contributed by atoms with Crippen LogP contribution in [0.15, 0.2) is 17.3 Å². The van der Waals surface area contributed by atoms with E-state index < -0.39 is 11.7 Å². The highest BCUT2D eigenvalue weighted by molar-refractivity contribution is 14.0. The first kappa shape index (κ1) is 22.0. The molecule has 5 nitrogen and oxygen atoms in total. The van der Waals surface area contributed by atoms with Gasteiger partial charge in [-0.15, -0.1) is 24.0 Å². The van der Waals surface area contributed by atoms with Crippen molar-refractivity contribution >= 4 is 41.5 Å². The summed E-state index contributed by atoms with van der Waals surface area (Å²) in [4.78, 5) is 7.58. The van der Waals surface area contributed by atoms with E-state index in [4.69, 9.17) is 16.3 Å². The van der Waals surface area contributed by atoms with Crippen LogP contribution in [0.5, 0.6) is 5.88 Å². The monoisotopic (exact) mass is 466 g/mol. The van der Waals surface area contributed by atoms with Gasteiger partial charge < -0.3 is 15.4 Å². The summed E-state index contributed by atoms with van der Waals surface area (Å²) in [6.45, 7) is 4.51. The van der Waals surface area contributed by atoms with Crippen LogP contribution in [0.3, 0.4) is 0 Å². The third-order valence-corrected chi connectivity index (χ3v) is 2.69. The first-order chi connectivity index (χ1) is 10.2. The van der Waals surface area contributed by atoms with Crippen molar-refractivity contribution in [2.24, 2.45) is 4.99 Å². The molecule has 1 rings (SSSR count). The highest BCUT2D eigenvalue weighted by atomic mass is 127. The Morgan fingerprint density at radius 2 is 2.09 bits per heavy atom. The van der Waals surface area contributed by atoms with Crippen LogP contribution >= 0.6 is 35.6 Å². The van der Waals surface area contributed by atoms with Gasteiger partial charge in [0.05, 0.1) is 12.1 Å². The van der Waals surface area contributed by atoms with Crippen LogP contribution in [0, 0.1) is 0 Å². The number of nitrogens with zero attached hydrogens (tertiary/aromatic N) is 2. The standard InChI is InChI=1S/C13H18ClF3N4O.HI/c1-8(2)21-12(18-3)19-4-5-22-11-10(14)6-9(7-20-11)13(15,16)17;/h6-8H,4-5H2,1-3H3,(H2,18,19,21);1H. The molecule has 0 amide bonds. The van der Waals surface area contributed by atoms with Crippen molar-refractivity contribution in [3.63, 3.8) is 0 Å². The molecule has 0 fully saturated rings. The fourth-order valence-electron chi connectivity index (χ4n) is 1.47. The SMILES string of the molecule is CN=C(NCCOc1ncc(C(F)(F)F)cc1Cl)NC(C)C.I. The number of nitrogens with one attached hydrogen (secondary N) is 2. The van der Waals surface area contributed by atoms with Gasteiger partial charge in [0.15, 0.2) is 5.96 Å². The average molecular weight is 467 g/mol. The van der Waals surface area contributed by atoms with E-state index in [1.54, 1.807) is 7.05 Å². The second-order valence-corrected chi connectivity index (χ2v) is 5.06.